The number of amides is 2. The van der Waals surface area contributed by atoms with Crippen LogP contribution in [0.25, 0.3) is 0 Å². The van der Waals surface area contributed by atoms with E-state index < -0.39 is 5.91 Å². The Balaban J connectivity index is 0.00000312. The summed E-state index contributed by atoms with van der Waals surface area (Å²) in [6.45, 7) is 3.80. The molecule has 1 radical (unpaired) electrons. The van der Waals surface area contributed by atoms with Gasteiger partial charge in [-0.15, -0.1) is 5.56 Å². The number of rotatable bonds is 5. The number of nitrogens with zero attached hydrogens (tertiary/aromatic N) is 1. The minimum Gasteiger partial charge on any atom is -0.358 e. The van der Waals surface area contributed by atoms with Crippen LogP contribution < -0.4 is 10.6 Å². The summed E-state index contributed by atoms with van der Waals surface area (Å²) in [4.78, 5) is 23.9. The standard InChI is InChI=1S/C19H18N3O2.CH3.Y/c1-13-4-3-5-16(10-13)14(2)21-18(23)11-19(24)22-17-8-6-15(12-20)7-9-17;;/h3,5-10,14H,11H2,1-2H3,(H,21,23)(H,22,24);1H3;/q2*-1;. The smallest absolute Gasteiger partial charge is 0.233 e. The molecule has 2 aromatic rings. The van der Waals surface area contributed by atoms with E-state index in [1.807, 2.05) is 38.1 Å². The van der Waals surface area contributed by atoms with Gasteiger partial charge in [-0.3, -0.25) is 9.59 Å². The van der Waals surface area contributed by atoms with E-state index in [9.17, 15) is 9.59 Å². The molecule has 1 unspecified atom stereocenters. The number of hydrogen-bond acceptors (Lipinski definition) is 3. The van der Waals surface area contributed by atoms with E-state index in [0.29, 0.717) is 11.3 Å². The Kier molecular flexibility index (Phi) is 10.7. The van der Waals surface area contributed by atoms with Crippen LogP contribution in [0.1, 0.15) is 36.1 Å². The second kappa shape index (κ2) is 11.6. The van der Waals surface area contributed by atoms with Gasteiger partial charge in [-0.05, 0) is 31.2 Å². The number of benzene rings is 2. The molecular weight excluding hydrogens is 403 g/mol. The molecule has 0 aliphatic heterocycles. The monoisotopic (exact) mass is 424 g/mol. The minimum absolute atomic E-state index is 0. The van der Waals surface area contributed by atoms with Gasteiger partial charge >= 0.3 is 0 Å². The zero-order valence-electron chi connectivity index (χ0n) is 15.2. The van der Waals surface area contributed by atoms with Crippen LogP contribution in [0.15, 0.2) is 42.5 Å². The van der Waals surface area contributed by atoms with E-state index in [-0.39, 0.29) is 58.5 Å². The number of aryl methyl sites for hydroxylation is 1. The third kappa shape index (κ3) is 7.47. The van der Waals surface area contributed by atoms with Crippen molar-refractivity contribution in [2.75, 3.05) is 5.32 Å². The number of nitrogens with one attached hydrogen (secondary N) is 2. The Morgan fingerprint density at radius 2 is 1.85 bits per heavy atom. The molecule has 0 spiro atoms. The van der Waals surface area contributed by atoms with Crippen LogP contribution in [-0.4, -0.2) is 11.8 Å². The van der Waals surface area contributed by atoms with Crippen molar-refractivity contribution < 1.29 is 42.3 Å². The molecule has 26 heavy (non-hydrogen) atoms. The normalized spacial score (nSPS) is 10.3. The first-order valence-corrected chi connectivity index (χ1v) is 7.55. The molecule has 2 rings (SSSR count). The number of carbonyl (C=O) groups excluding carboxylic acids is 2. The average Bonchev–Trinajstić information content (AvgIpc) is 2.55. The van der Waals surface area contributed by atoms with Crippen molar-refractivity contribution in [1.29, 1.82) is 5.26 Å². The average molecular weight is 424 g/mol. The maximum absolute atomic E-state index is 12.0. The third-order valence-corrected chi connectivity index (χ3v) is 3.47. The van der Waals surface area contributed by atoms with Crippen LogP contribution in [0, 0.1) is 31.7 Å². The predicted octanol–water partition coefficient (Wildman–Crippen LogP) is 3.32. The summed E-state index contributed by atoms with van der Waals surface area (Å²) < 4.78 is 0. The van der Waals surface area contributed by atoms with Gasteiger partial charge in [-0.2, -0.15) is 35.1 Å². The van der Waals surface area contributed by atoms with E-state index in [4.69, 9.17) is 5.26 Å². The summed E-state index contributed by atoms with van der Waals surface area (Å²) in [6.07, 6.45) is -0.262. The van der Waals surface area contributed by atoms with Gasteiger partial charge < -0.3 is 18.1 Å². The summed E-state index contributed by atoms with van der Waals surface area (Å²) in [5.74, 6) is -0.749. The molecule has 133 valence electrons. The van der Waals surface area contributed by atoms with Crippen molar-refractivity contribution in [1.82, 2.24) is 5.32 Å². The van der Waals surface area contributed by atoms with Crippen LogP contribution in [0.5, 0.6) is 0 Å². The van der Waals surface area contributed by atoms with E-state index in [1.165, 1.54) is 0 Å². The van der Waals surface area contributed by atoms with Crippen molar-refractivity contribution in [3.05, 3.63) is 72.6 Å². The first-order chi connectivity index (χ1) is 11.5. The molecule has 2 amide bonds. The van der Waals surface area contributed by atoms with Crippen LogP contribution in [0.3, 0.4) is 0 Å². The molecular formula is C20H21N3O2Y-2. The molecule has 1 atom stereocenters. The quantitative estimate of drug-likeness (QED) is 0.571. The van der Waals surface area contributed by atoms with Gasteiger partial charge in [0.1, 0.15) is 6.42 Å². The zero-order valence-corrected chi connectivity index (χ0v) is 18.0. The number of carbonyl (C=O) groups is 2. The van der Waals surface area contributed by atoms with Gasteiger partial charge in [0.15, 0.2) is 0 Å². The Hall–Kier alpha value is -2.03. The Bertz CT molecular complexity index is 782. The fraction of sp³-hybridized carbons (Fsp3) is 0.200. The van der Waals surface area contributed by atoms with Crippen molar-refractivity contribution in [3.63, 3.8) is 0 Å². The molecule has 5 nitrogen and oxygen atoms in total. The van der Waals surface area contributed by atoms with Crippen LogP contribution in [0.4, 0.5) is 5.69 Å². The van der Waals surface area contributed by atoms with Gasteiger partial charge in [0.25, 0.3) is 0 Å². The van der Waals surface area contributed by atoms with Crippen molar-refractivity contribution >= 4 is 17.5 Å². The summed E-state index contributed by atoms with van der Waals surface area (Å²) >= 11 is 0. The molecule has 0 saturated carbocycles. The van der Waals surface area contributed by atoms with Crippen LogP contribution in [-0.2, 0) is 42.3 Å². The van der Waals surface area contributed by atoms with Gasteiger partial charge in [0.05, 0.1) is 11.6 Å². The number of hydrogen-bond donors (Lipinski definition) is 2. The maximum Gasteiger partial charge on any atom is 0.233 e. The van der Waals surface area contributed by atoms with E-state index >= 15 is 0 Å². The Labute approximate surface area is 180 Å². The molecule has 0 aliphatic rings. The number of nitriles is 1. The van der Waals surface area contributed by atoms with Gasteiger partial charge in [0, 0.05) is 44.4 Å². The molecule has 0 aliphatic carbocycles. The summed E-state index contributed by atoms with van der Waals surface area (Å²) in [6, 6.07) is 17.0. The van der Waals surface area contributed by atoms with E-state index in [1.54, 1.807) is 24.3 Å². The molecule has 0 saturated heterocycles. The molecule has 0 fully saturated rings. The first-order valence-electron chi connectivity index (χ1n) is 7.55. The minimum atomic E-state index is -0.401. The van der Waals surface area contributed by atoms with Gasteiger partial charge in [-0.25, -0.2) is 0 Å². The fourth-order valence-electron chi connectivity index (χ4n) is 2.23. The molecule has 0 heterocycles. The van der Waals surface area contributed by atoms with Crippen LogP contribution >= 0.6 is 0 Å². The topological polar surface area (TPSA) is 82.0 Å². The molecule has 6 heteroatoms. The molecule has 0 bridgehead atoms. The predicted molar refractivity (Wildman–Crippen MR) is 97.4 cm³/mol. The van der Waals surface area contributed by atoms with E-state index in [2.05, 4.69) is 16.7 Å². The summed E-state index contributed by atoms with van der Waals surface area (Å²) in [7, 11) is 0. The van der Waals surface area contributed by atoms with Crippen molar-refractivity contribution in [3.8, 4) is 6.07 Å². The maximum atomic E-state index is 12.0. The third-order valence-electron chi connectivity index (χ3n) is 3.47. The number of anilines is 1. The zero-order chi connectivity index (χ0) is 17.5. The van der Waals surface area contributed by atoms with Crippen LogP contribution in [0.2, 0.25) is 0 Å². The Morgan fingerprint density at radius 3 is 2.42 bits per heavy atom. The molecule has 2 N–H and O–H groups in total. The first kappa shape index (κ1) is 24.0. The van der Waals surface area contributed by atoms with Gasteiger partial charge in [-0.1, -0.05) is 6.92 Å². The summed E-state index contributed by atoms with van der Waals surface area (Å²) in [5.41, 5.74) is 3.02. The SMILES string of the molecule is Cc1[c-]ccc(C(C)NC(=O)CC(=O)Nc2ccc(C#N)cc2)c1.[CH3-].[Y]. The Morgan fingerprint density at radius 1 is 1.19 bits per heavy atom. The molecule has 2 aromatic carbocycles. The second-order valence-electron chi connectivity index (χ2n) is 5.51. The fourth-order valence-corrected chi connectivity index (χ4v) is 2.23. The summed E-state index contributed by atoms with van der Waals surface area (Å²) in [5, 5.41) is 14.2. The largest absolute Gasteiger partial charge is 0.358 e. The van der Waals surface area contributed by atoms with Gasteiger partial charge in [0.2, 0.25) is 11.8 Å². The van der Waals surface area contributed by atoms with E-state index in [0.717, 1.165) is 11.1 Å². The van der Waals surface area contributed by atoms with Crippen molar-refractivity contribution in [2.24, 2.45) is 0 Å². The molecule has 0 aromatic heterocycles. The van der Waals surface area contributed by atoms with Crippen molar-refractivity contribution in [2.45, 2.75) is 26.3 Å². The second-order valence-corrected chi connectivity index (χ2v) is 5.51.